The number of nitrogens with zero attached hydrogens (tertiary/aromatic N) is 5. The fourth-order valence-corrected chi connectivity index (χ4v) is 4.14. The van der Waals surface area contributed by atoms with Gasteiger partial charge in [-0.3, -0.25) is 4.79 Å². The zero-order chi connectivity index (χ0) is 22.9. The molecule has 0 bridgehead atoms. The van der Waals surface area contributed by atoms with Gasteiger partial charge in [0.25, 0.3) is 5.56 Å². The highest BCUT2D eigenvalue weighted by Crippen LogP contribution is 2.33. The molecule has 6 nitrogen and oxygen atoms in total. The van der Waals surface area contributed by atoms with E-state index in [1.165, 1.54) is 12.8 Å². The molecular weight excluding hydrogens is 410 g/mol. The van der Waals surface area contributed by atoms with Crippen molar-refractivity contribution >= 4 is 5.52 Å². The molecular formula is C27H29N5O. The number of nitriles is 1. The quantitative estimate of drug-likeness (QED) is 0.274. The molecule has 33 heavy (non-hydrogen) atoms. The summed E-state index contributed by atoms with van der Waals surface area (Å²) in [6.45, 7) is 0.612. The highest BCUT2D eigenvalue weighted by molar-refractivity contribution is 5.90. The van der Waals surface area contributed by atoms with E-state index < -0.39 is 0 Å². The highest BCUT2D eigenvalue weighted by atomic mass is 16.1. The van der Waals surface area contributed by atoms with E-state index in [9.17, 15) is 4.79 Å². The van der Waals surface area contributed by atoms with Gasteiger partial charge in [-0.2, -0.15) is 15.5 Å². The third kappa shape index (κ3) is 5.56. The molecule has 1 aromatic carbocycles. The molecule has 0 N–H and O–H groups in total. The van der Waals surface area contributed by atoms with E-state index in [0.717, 1.165) is 60.1 Å². The topological polar surface area (TPSA) is 76.0 Å². The van der Waals surface area contributed by atoms with E-state index in [1.807, 2.05) is 59.2 Å². The Hall–Kier alpha value is -3.72. The van der Waals surface area contributed by atoms with E-state index in [4.69, 9.17) is 15.5 Å². The van der Waals surface area contributed by atoms with Crippen LogP contribution in [0.1, 0.15) is 51.4 Å². The van der Waals surface area contributed by atoms with Crippen molar-refractivity contribution in [2.75, 3.05) is 0 Å². The first kappa shape index (κ1) is 22.5. The Morgan fingerprint density at radius 3 is 2.30 bits per heavy atom. The van der Waals surface area contributed by atoms with Gasteiger partial charge in [-0.15, -0.1) is 0 Å². The molecule has 0 atom stereocenters. The molecule has 0 unspecified atom stereocenters. The number of rotatable bonds is 11. The average molecular weight is 440 g/mol. The number of pyridine rings is 1. The molecule has 0 spiro atoms. The maximum Gasteiger partial charge on any atom is 0.266 e. The molecule has 0 radical (unpaired) electrons. The zero-order valence-corrected chi connectivity index (χ0v) is 18.9. The van der Waals surface area contributed by atoms with Crippen molar-refractivity contribution in [3.63, 3.8) is 0 Å². The summed E-state index contributed by atoms with van der Waals surface area (Å²) in [5, 5.41) is 18.1. The van der Waals surface area contributed by atoms with Crippen LogP contribution in [-0.4, -0.2) is 19.4 Å². The van der Waals surface area contributed by atoms with E-state index in [0.29, 0.717) is 13.0 Å². The highest BCUT2D eigenvalue weighted by Gasteiger charge is 2.18. The van der Waals surface area contributed by atoms with Crippen LogP contribution in [0.4, 0.5) is 0 Å². The van der Waals surface area contributed by atoms with Crippen LogP contribution in [-0.2, 0) is 6.54 Å². The maximum absolute atomic E-state index is 12.5. The number of fused-ring (bicyclic) bond motifs is 1. The first-order valence-electron chi connectivity index (χ1n) is 11.8. The van der Waals surface area contributed by atoms with Gasteiger partial charge in [0.1, 0.15) is 5.69 Å². The van der Waals surface area contributed by atoms with Gasteiger partial charge in [0, 0.05) is 30.8 Å². The van der Waals surface area contributed by atoms with Gasteiger partial charge in [0.2, 0.25) is 0 Å². The lowest BCUT2D eigenvalue weighted by Gasteiger charge is -2.08. The molecule has 3 aromatic heterocycles. The van der Waals surface area contributed by atoms with Crippen LogP contribution in [0.25, 0.3) is 28.0 Å². The molecule has 6 heteroatoms. The fourth-order valence-electron chi connectivity index (χ4n) is 4.14. The van der Waals surface area contributed by atoms with Crippen LogP contribution in [0.5, 0.6) is 0 Å². The van der Waals surface area contributed by atoms with Gasteiger partial charge in [0.15, 0.2) is 0 Å². The van der Waals surface area contributed by atoms with Crippen molar-refractivity contribution in [2.24, 2.45) is 0 Å². The normalized spacial score (nSPS) is 11.0. The van der Waals surface area contributed by atoms with Crippen molar-refractivity contribution < 1.29 is 0 Å². The van der Waals surface area contributed by atoms with E-state index in [2.05, 4.69) is 6.07 Å². The second-order valence-corrected chi connectivity index (χ2v) is 8.28. The van der Waals surface area contributed by atoms with Crippen LogP contribution in [0.2, 0.25) is 0 Å². The lowest BCUT2D eigenvalue weighted by Crippen LogP contribution is -2.22. The van der Waals surface area contributed by atoms with E-state index in [-0.39, 0.29) is 5.56 Å². The van der Waals surface area contributed by atoms with Gasteiger partial charge >= 0.3 is 0 Å². The Bertz CT molecular complexity index is 1280. The molecule has 0 aliphatic carbocycles. The van der Waals surface area contributed by atoms with E-state index in [1.54, 1.807) is 16.8 Å². The monoisotopic (exact) mass is 439 g/mol. The van der Waals surface area contributed by atoms with Crippen molar-refractivity contribution in [1.82, 2.24) is 19.4 Å². The van der Waals surface area contributed by atoms with Crippen molar-refractivity contribution in [2.45, 2.75) is 57.9 Å². The Balaban J connectivity index is 1.50. The predicted octanol–water partition coefficient (Wildman–Crippen LogP) is 5.87. The third-order valence-electron chi connectivity index (χ3n) is 5.87. The standard InChI is InChI=1S/C27H29N5O/c28-19-11-5-3-1-2-4-6-12-21-32-25(33)18-17-23(29-32)26-24-16-10-13-20-31(24)30-27(26)22-14-8-7-9-15-22/h7-10,13-18,20H,1-6,11-12,21H2. The minimum atomic E-state index is -0.0759. The summed E-state index contributed by atoms with van der Waals surface area (Å²) < 4.78 is 3.45. The number of unbranched alkanes of at least 4 members (excludes halogenated alkanes) is 7. The summed E-state index contributed by atoms with van der Waals surface area (Å²) in [5.74, 6) is 0. The summed E-state index contributed by atoms with van der Waals surface area (Å²) in [5.41, 5.74) is 4.46. The lowest BCUT2D eigenvalue weighted by molar-refractivity contribution is 0.507. The van der Waals surface area contributed by atoms with Gasteiger partial charge in [-0.25, -0.2) is 9.20 Å². The van der Waals surface area contributed by atoms with Gasteiger partial charge in [-0.05, 0) is 31.0 Å². The molecule has 0 fully saturated rings. The third-order valence-corrected chi connectivity index (χ3v) is 5.87. The van der Waals surface area contributed by atoms with Crippen molar-refractivity contribution in [3.8, 4) is 28.6 Å². The Morgan fingerprint density at radius 1 is 0.788 bits per heavy atom. The number of benzene rings is 1. The summed E-state index contributed by atoms with van der Waals surface area (Å²) in [7, 11) is 0. The van der Waals surface area contributed by atoms with Crippen molar-refractivity contribution in [3.05, 3.63) is 77.2 Å². The number of hydrogen-bond acceptors (Lipinski definition) is 4. The van der Waals surface area contributed by atoms with Crippen LogP contribution in [0.15, 0.2) is 71.7 Å². The van der Waals surface area contributed by atoms with Gasteiger partial charge in [-0.1, -0.05) is 68.5 Å². The molecule has 0 saturated heterocycles. The largest absolute Gasteiger partial charge is 0.268 e. The zero-order valence-electron chi connectivity index (χ0n) is 18.9. The first-order chi connectivity index (χ1) is 16.3. The minimum Gasteiger partial charge on any atom is -0.268 e. The van der Waals surface area contributed by atoms with Gasteiger partial charge < -0.3 is 0 Å². The second kappa shape index (κ2) is 11.2. The molecule has 4 aromatic rings. The number of hydrogen-bond donors (Lipinski definition) is 0. The van der Waals surface area contributed by atoms with Crippen LogP contribution in [0, 0.1) is 11.3 Å². The molecule has 4 rings (SSSR count). The molecule has 0 saturated carbocycles. The molecule has 0 aliphatic rings. The summed E-state index contributed by atoms with van der Waals surface area (Å²) in [4.78, 5) is 12.5. The molecule has 0 amide bonds. The van der Waals surface area contributed by atoms with Crippen molar-refractivity contribution in [1.29, 1.82) is 5.26 Å². The van der Waals surface area contributed by atoms with Crippen LogP contribution in [0.3, 0.4) is 0 Å². The number of aryl methyl sites for hydroxylation is 1. The minimum absolute atomic E-state index is 0.0759. The van der Waals surface area contributed by atoms with E-state index >= 15 is 0 Å². The Kier molecular flexibility index (Phi) is 7.65. The summed E-state index contributed by atoms with van der Waals surface area (Å²) in [6, 6.07) is 21.7. The van der Waals surface area contributed by atoms with Gasteiger partial charge in [0.05, 0.1) is 22.8 Å². The molecule has 0 aliphatic heterocycles. The number of aromatic nitrogens is 4. The Labute approximate surface area is 194 Å². The van der Waals surface area contributed by atoms with Crippen LogP contribution < -0.4 is 5.56 Å². The van der Waals surface area contributed by atoms with Crippen LogP contribution >= 0.6 is 0 Å². The maximum atomic E-state index is 12.5. The summed E-state index contributed by atoms with van der Waals surface area (Å²) in [6.07, 6.45) is 10.2. The lowest BCUT2D eigenvalue weighted by atomic mass is 10.0. The first-order valence-corrected chi connectivity index (χ1v) is 11.8. The molecule has 3 heterocycles. The summed E-state index contributed by atoms with van der Waals surface area (Å²) >= 11 is 0. The smallest absolute Gasteiger partial charge is 0.266 e. The fraction of sp³-hybridized carbons (Fsp3) is 0.333. The average Bonchev–Trinajstić information content (AvgIpc) is 3.24. The Morgan fingerprint density at radius 2 is 1.52 bits per heavy atom. The SMILES string of the molecule is N#CCCCCCCCCCn1nc(-c2c(-c3ccccc3)nn3ccccc23)ccc1=O. The second-order valence-electron chi connectivity index (χ2n) is 8.28. The predicted molar refractivity (Wildman–Crippen MR) is 131 cm³/mol. The molecule has 168 valence electrons.